The Hall–Kier alpha value is -3.18. The number of halogens is 2. The molecule has 0 spiro atoms. The Bertz CT molecular complexity index is 1460. The molecule has 242 valence electrons. The lowest BCUT2D eigenvalue weighted by molar-refractivity contribution is -0.103. The van der Waals surface area contributed by atoms with Crippen LogP contribution in [-0.4, -0.2) is 56.9 Å². The summed E-state index contributed by atoms with van der Waals surface area (Å²) in [5, 5.41) is 21.2. The lowest BCUT2D eigenvalue weighted by Crippen LogP contribution is -2.54. The average Bonchev–Trinajstić information content (AvgIpc) is 3.50. The fraction of sp³-hybridized carbons (Fsp3) is 0.515. The molecule has 2 aromatic carbocycles. The minimum absolute atomic E-state index is 0.0838. The van der Waals surface area contributed by atoms with E-state index in [9.17, 15) is 9.59 Å². The number of tetrazole rings is 1. The highest BCUT2D eigenvalue weighted by molar-refractivity contribution is 6.39. The lowest BCUT2D eigenvalue weighted by Gasteiger charge is -2.45. The van der Waals surface area contributed by atoms with Gasteiger partial charge in [0, 0.05) is 40.1 Å². The first kappa shape index (κ1) is 34.7. The van der Waals surface area contributed by atoms with E-state index in [1.165, 1.54) is 0 Å². The molecular weight excluding hydrogens is 613 g/mol. The summed E-state index contributed by atoms with van der Waals surface area (Å²) in [4.78, 5) is 30.5. The predicted octanol–water partition coefficient (Wildman–Crippen LogP) is 6.50. The van der Waals surface area contributed by atoms with Gasteiger partial charge in [-0.1, -0.05) is 82.1 Å². The van der Waals surface area contributed by atoms with E-state index < -0.39 is 5.66 Å². The van der Waals surface area contributed by atoms with Crippen LogP contribution in [0.25, 0.3) is 0 Å². The van der Waals surface area contributed by atoms with Crippen LogP contribution in [0.3, 0.4) is 0 Å². The molecule has 1 aliphatic heterocycles. The Morgan fingerprint density at radius 1 is 1.11 bits per heavy atom. The van der Waals surface area contributed by atoms with Crippen LogP contribution < -0.4 is 10.6 Å². The van der Waals surface area contributed by atoms with Crippen molar-refractivity contribution in [3.8, 4) is 0 Å². The van der Waals surface area contributed by atoms with Crippen LogP contribution in [0.5, 0.6) is 0 Å². The van der Waals surface area contributed by atoms with Gasteiger partial charge >= 0.3 is 0 Å². The predicted molar refractivity (Wildman–Crippen MR) is 177 cm³/mol. The van der Waals surface area contributed by atoms with Crippen molar-refractivity contribution in [3.05, 3.63) is 75.0 Å². The number of ether oxygens (including phenoxy) is 1. The summed E-state index contributed by atoms with van der Waals surface area (Å²) in [6, 6.07) is 12.5. The van der Waals surface area contributed by atoms with E-state index in [2.05, 4.69) is 72.8 Å². The van der Waals surface area contributed by atoms with E-state index in [0.29, 0.717) is 46.4 Å². The number of aromatic nitrogens is 4. The van der Waals surface area contributed by atoms with E-state index in [1.54, 1.807) is 18.2 Å². The van der Waals surface area contributed by atoms with Gasteiger partial charge in [-0.25, -0.2) is 0 Å². The summed E-state index contributed by atoms with van der Waals surface area (Å²) >= 11 is 12.6. The number of aliphatic imine (C=N–C) groups is 1. The number of rotatable bonds is 11. The van der Waals surface area contributed by atoms with Crippen molar-refractivity contribution in [2.45, 2.75) is 91.6 Å². The maximum absolute atomic E-state index is 12.8. The van der Waals surface area contributed by atoms with Gasteiger partial charge in [-0.15, -0.1) is 10.2 Å². The summed E-state index contributed by atoms with van der Waals surface area (Å²) in [7, 11) is 0. The molecular formula is C33H43Cl2N7O3. The van der Waals surface area contributed by atoms with Crippen LogP contribution in [-0.2, 0) is 16.1 Å². The largest absolute Gasteiger partial charge is 0.377 e. The molecule has 0 radical (unpaired) electrons. The molecule has 1 aliphatic rings. The molecule has 1 saturated heterocycles. The Balaban J connectivity index is 1.70. The highest BCUT2D eigenvalue weighted by atomic mass is 35.5. The zero-order valence-corrected chi connectivity index (χ0v) is 28.3. The Labute approximate surface area is 275 Å². The minimum atomic E-state index is -0.815. The first-order valence-electron chi connectivity index (χ1n) is 15.2. The smallest absolute Gasteiger partial charge is 0.251 e. The number of hydrogen-bond acceptors (Lipinski definition) is 8. The monoisotopic (exact) mass is 655 g/mol. The summed E-state index contributed by atoms with van der Waals surface area (Å²) in [5.41, 5.74) is 1.48. The van der Waals surface area contributed by atoms with E-state index in [0.717, 1.165) is 24.7 Å². The molecule has 45 heavy (non-hydrogen) atoms. The van der Waals surface area contributed by atoms with Crippen molar-refractivity contribution in [1.82, 2.24) is 31.3 Å². The molecule has 4 rings (SSSR count). The van der Waals surface area contributed by atoms with Gasteiger partial charge in [0.25, 0.3) is 5.91 Å². The fourth-order valence-electron chi connectivity index (χ4n) is 5.36. The number of nitrogens with one attached hydrogen (secondary N) is 3. The molecule has 1 fully saturated rings. The van der Waals surface area contributed by atoms with Crippen molar-refractivity contribution >= 4 is 41.1 Å². The van der Waals surface area contributed by atoms with E-state index >= 15 is 0 Å². The first-order chi connectivity index (χ1) is 21.2. The fourth-order valence-corrected chi connectivity index (χ4v) is 5.89. The second-order valence-corrected chi connectivity index (χ2v) is 14.8. The number of carbonyl (C=O) groups excluding carboxylic acids is 2. The van der Waals surface area contributed by atoms with Gasteiger partial charge in [0.05, 0.1) is 19.3 Å². The summed E-state index contributed by atoms with van der Waals surface area (Å²) in [6.07, 6.45) is 3.52. The van der Waals surface area contributed by atoms with E-state index in [-0.39, 0.29) is 41.1 Å². The summed E-state index contributed by atoms with van der Waals surface area (Å²) in [5.74, 6) is 0.164. The minimum Gasteiger partial charge on any atom is -0.377 e. The number of H-pyrrole nitrogens is 1. The average molecular weight is 657 g/mol. The molecule has 0 saturated carbocycles. The second kappa shape index (κ2) is 14.5. The molecule has 12 heteroatoms. The normalized spacial score (nSPS) is 20.1. The third-order valence-corrected chi connectivity index (χ3v) is 8.36. The maximum Gasteiger partial charge on any atom is 0.251 e. The third-order valence-electron chi connectivity index (χ3n) is 7.93. The van der Waals surface area contributed by atoms with Gasteiger partial charge in [-0.05, 0) is 59.6 Å². The molecule has 1 aromatic heterocycles. The molecule has 0 bridgehead atoms. The molecule has 3 atom stereocenters. The highest BCUT2D eigenvalue weighted by Crippen LogP contribution is 2.39. The number of carbonyl (C=O) groups is 2. The molecule has 2 unspecified atom stereocenters. The van der Waals surface area contributed by atoms with Gasteiger partial charge in [0.2, 0.25) is 0 Å². The highest BCUT2D eigenvalue weighted by Gasteiger charge is 2.43. The SMILES string of the molecule is CC(C)(C)CC[C@@H](NC1(/N=C(\C=O)c2cc(Cl)cc(Cl)c2)CCOC(C(C)(C)C)C1)c1ccc(C(=O)NCc2nn[nH]n2)cc1. The zero-order chi connectivity index (χ0) is 32.8. The Morgan fingerprint density at radius 3 is 2.38 bits per heavy atom. The van der Waals surface area contributed by atoms with Crippen molar-refractivity contribution < 1.29 is 14.3 Å². The summed E-state index contributed by atoms with van der Waals surface area (Å²) in [6.45, 7) is 13.7. The first-order valence-corrected chi connectivity index (χ1v) is 15.9. The van der Waals surface area contributed by atoms with Crippen LogP contribution in [0.4, 0.5) is 0 Å². The van der Waals surface area contributed by atoms with Crippen molar-refractivity contribution in [2.75, 3.05) is 6.61 Å². The van der Waals surface area contributed by atoms with Gasteiger partial charge in [-0.2, -0.15) is 5.21 Å². The molecule has 0 aliphatic carbocycles. The van der Waals surface area contributed by atoms with Gasteiger partial charge in [-0.3, -0.25) is 19.9 Å². The van der Waals surface area contributed by atoms with Crippen LogP contribution in [0.2, 0.25) is 10.0 Å². The van der Waals surface area contributed by atoms with E-state index in [4.69, 9.17) is 32.9 Å². The molecule has 3 aromatic rings. The van der Waals surface area contributed by atoms with Crippen LogP contribution in [0.1, 0.15) is 101 Å². The van der Waals surface area contributed by atoms with Gasteiger partial charge in [0.15, 0.2) is 12.1 Å². The van der Waals surface area contributed by atoms with Crippen LogP contribution in [0, 0.1) is 10.8 Å². The number of hydrogen-bond donors (Lipinski definition) is 3. The maximum atomic E-state index is 12.8. The number of aldehydes is 1. The van der Waals surface area contributed by atoms with Gasteiger partial charge in [0.1, 0.15) is 11.4 Å². The van der Waals surface area contributed by atoms with Crippen molar-refractivity contribution in [2.24, 2.45) is 15.8 Å². The van der Waals surface area contributed by atoms with Crippen molar-refractivity contribution in [1.29, 1.82) is 0 Å². The molecule has 2 heterocycles. The third kappa shape index (κ3) is 9.90. The number of aromatic amines is 1. The quantitative estimate of drug-likeness (QED) is 0.158. The lowest BCUT2D eigenvalue weighted by atomic mass is 9.80. The van der Waals surface area contributed by atoms with Gasteiger partial charge < -0.3 is 10.1 Å². The Kier molecular flexibility index (Phi) is 11.2. The molecule has 3 N–H and O–H groups in total. The van der Waals surface area contributed by atoms with Crippen LogP contribution >= 0.6 is 23.2 Å². The Morgan fingerprint density at radius 2 is 1.80 bits per heavy atom. The number of amides is 1. The second-order valence-electron chi connectivity index (χ2n) is 13.9. The summed E-state index contributed by atoms with van der Waals surface area (Å²) < 4.78 is 6.25. The van der Waals surface area contributed by atoms with Crippen LogP contribution in [0.15, 0.2) is 47.5 Å². The van der Waals surface area contributed by atoms with Crippen molar-refractivity contribution in [3.63, 3.8) is 0 Å². The number of benzene rings is 2. The topological polar surface area (TPSA) is 134 Å². The molecule has 10 nitrogen and oxygen atoms in total. The number of nitrogens with zero attached hydrogens (tertiary/aromatic N) is 4. The standard InChI is InChI=1S/C33H43Cl2N7O3/c1-31(2,3)12-11-26(21-7-9-22(10-8-21)30(44)36-19-29-39-41-42-40-29)37-33(13-14-45-28(18-33)32(4,5)6)38-27(20-43)23-15-24(34)17-25(35)16-23/h7-10,15-17,20,26,28,37H,11-14,18-19H2,1-6H3,(H,36,44)(H,39,40,41,42)/b38-27+/t26-,28?,33?/m1/s1. The van der Waals surface area contributed by atoms with E-state index in [1.807, 2.05) is 24.3 Å². The zero-order valence-electron chi connectivity index (χ0n) is 26.8. The molecule has 1 amide bonds.